The Bertz CT molecular complexity index is 1050. The third kappa shape index (κ3) is 6.45. The summed E-state index contributed by atoms with van der Waals surface area (Å²) >= 11 is 2.66. The van der Waals surface area contributed by atoms with Crippen molar-refractivity contribution in [3.05, 3.63) is 28.6 Å². The van der Waals surface area contributed by atoms with Crippen LogP contribution in [-0.2, 0) is 25.7 Å². The highest BCUT2D eigenvalue weighted by Crippen LogP contribution is 2.22. The average molecular weight is 478 g/mol. The first kappa shape index (κ1) is 24.5. The number of nitrogens with zero attached hydrogens (tertiary/aromatic N) is 3. The fourth-order valence-corrected chi connectivity index (χ4v) is 5.92. The van der Waals surface area contributed by atoms with Crippen LogP contribution in [0.3, 0.4) is 0 Å². The van der Waals surface area contributed by atoms with Crippen LogP contribution in [0.1, 0.15) is 32.8 Å². The van der Waals surface area contributed by atoms with E-state index in [2.05, 4.69) is 18.8 Å². The number of fused-ring (bicyclic) bond motifs is 1. The number of likely N-dealkylation sites (tertiary alicyclic amines) is 1. The quantitative estimate of drug-likeness (QED) is 0.572. The van der Waals surface area contributed by atoms with Crippen molar-refractivity contribution in [2.24, 2.45) is 16.8 Å². The number of hydrogen-bond acceptors (Lipinski definition) is 6. The monoisotopic (exact) mass is 477 g/mol. The second kappa shape index (κ2) is 11.1. The Morgan fingerprint density at radius 1 is 1.19 bits per heavy atom. The van der Waals surface area contributed by atoms with E-state index in [0.29, 0.717) is 23.2 Å². The Kier molecular flexibility index (Phi) is 8.53. The van der Waals surface area contributed by atoms with Crippen molar-refractivity contribution in [1.82, 2.24) is 9.47 Å². The molecule has 0 N–H and O–H groups in total. The zero-order chi connectivity index (χ0) is 23.3. The molecule has 2 heterocycles. The van der Waals surface area contributed by atoms with Crippen molar-refractivity contribution in [2.75, 3.05) is 31.2 Å². The number of piperidine rings is 1. The van der Waals surface area contributed by atoms with Gasteiger partial charge in [0.2, 0.25) is 5.91 Å². The first-order valence-corrected chi connectivity index (χ1v) is 12.9. The number of carbonyl (C=O) groups excluding carboxylic acids is 3. The summed E-state index contributed by atoms with van der Waals surface area (Å²) < 4.78 is 7.76. The molecule has 0 aliphatic carbocycles. The number of rotatable bonds is 7. The number of aryl methyl sites for hydroxylation is 1. The molecule has 0 bridgehead atoms. The van der Waals surface area contributed by atoms with E-state index in [9.17, 15) is 14.4 Å². The van der Waals surface area contributed by atoms with Gasteiger partial charge >= 0.3 is 5.97 Å². The molecule has 2 atom stereocenters. The zero-order valence-electron chi connectivity index (χ0n) is 19.1. The smallest absolute Gasteiger partial charge is 0.326 e. The minimum atomic E-state index is -0.369. The molecule has 3 rings (SSSR count). The number of thioether (sulfide) groups is 1. The van der Waals surface area contributed by atoms with Gasteiger partial charge in [0.05, 0.1) is 28.3 Å². The molecule has 1 aromatic heterocycles. The first-order chi connectivity index (χ1) is 15.3. The van der Waals surface area contributed by atoms with Gasteiger partial charge < -0.3 is 14.2 Å². The molecule has 2 aromatic rings. The van der Waals surface area contributed by atoms with Crippen molar-refractivity contribution in [3.63, 3.8) is 0 Å². The highest BCUT2D eigenvalue weighted by atomic mass is 32.2. The Labute approximate surface area is 196 Å². The number of thiazole rings is 1. The lowest BCUT2D eigenvalue weighted by Crippen LogP contribution is -2.43. The number of ether oxygens (including phenoxy) is 1. The van der Waals surface area contributed by atoms with Gasteiger partial charge in [-0.25, -0.2) is 0 Å². The summed E-state index contributed by atoms with van der Waals surface area (Å²) in [6.45, 7) is 9.97. The molecule has 9 heteroatoms. The molecule has 0 saturated carbocycles. The SMILES string of the molecule is CCOC(=O)Cn1c(=NC(=O)CSCC(=O)N2CC(C)CC(C)C2)sc2cc(C)ccc21. The van der Waals surface area contributed by atoms with Crippen molar-refractivity contribution < 1.29 is 19.1 Å². The van der Waals surface area contributed by atoms with Gasteiger partial charge in [-0.3, -0.25) is 14.4 Å². The molecular formula is C23H31N3O4S2. The lowest BCUT2D eigenvalue weighted by atomic mass is 9.92. The normalized spacial score (nSPS) is 19.4. The van der Waals surface area contributed by atoms with Crippen LogP contribution in [0.5, 0.6) is 0 Å². The summed E-state index contributed by atoms with van der Waals surface area (Å²) in [5, 5.41) is 0. The molecule has 2 amide bonds. The van der Waals surface area contributed by atoms with Crippen molar-refractivity contribution in [3.8, 4) is 0 Å². The standard InChI is InChI=1S/C23H31N3O4S2/c1-5-30-22(29)12-26-18-7-6-15(2)9-19(18)32-23(26)24-20(27)13-31-14-21(28)25-10-16(3)8-17(4)11-25/h6-7,9,16-17H,5,8,10-14H2,1-4H3. The van der Waals surface area contributed by atoms with Crippen LogP contribution in [0.4, 0.5) is 0 Å². The van der Waals surface area contributed by atoms with Gasteiger partial charge in [-0.05, 0) is 49.8 Å². The third-order valence-corrected chi connectivity index (χ3v) is 7.27. The second-order valence-corrected chi connectivity index (χ2v) is 10.5. The van der Waals surface area contributed by atoms with Crippen LogP contribution in [0.2, 0.25) is 0 Å². The fraction of sp³-hybridized carbons (Fsp3) is 0.565. The topological polar surface area (TPSA) is 81.0 Å². The number of aromatic nitrogens is 1. The summed E-state index contributed by atoms with van der Waals surface area (Å²) in [5.74, 6) is 0.810. The number of carbonyl (C=O) groups is 3. The molecule has 0 spiro atoms. The van der Waals surface area contributed by atoms with Crippen LogP contribution in [0, 0.1) is 18.8 Å². The Hall–Kier alpha value is -2.13. The van der Waals surface area contributed by atoms with E-state index < -0.39 is 0 Å². The lowest BCUT2D eigenvalue weighted by molar-refractivity contribution is -0.143. The maximum atomic E-state index is 12.5. The minimum Gasteiger partial charge on any atom is -0.465 e. The molecule has 1 aliphatic heterocycles. The van der Waals surface area contributed by atoms with Crippen molar-refractivity contribution >= 4 is 51.1 Å². The second-order valence-electron chi connectivity index (χ2n) is 8.49. The van der Waals surface area contributed by atoms with Gasteiger partial charge in [0, 0.05) is 13.1 Å². The molecule has 32 heavy (non-hydrogen) atoms. The van der Waals surface area contributed by atoms with Crippen LogP contribution in [-0.4, -0.2) is 58.5 Å². The molecule has 7 nitrogen and oxygen atoms in total. The summed E-state index contributed by atoms with van der Waals surface area (Å²) in [5.41, 5.74) is 1.94. The van der Waals surface area contributed by atoms with Crippen LogP contribution >= 0.6 is 23.1 Å². The summed E-state index contributed by atoms with van der Waals surface area (Å²) in [7, 11) is 0. The van der Waals surface area contributed by atoms with Gasteiger partial charge in [0.25, 0.3) is 5.91 Å². The Morgan fingerprint density at radius 2 is 1.91 bits per heavy atom. The molecule has 1 aliphatic rings. The van der Waals surface area contributed by atoms with Gasteiger partial charge in [0.15, 0.2) is 4.80 Å². The van der Waals surface area contributed by atoms with Crippen molar-refractivity contribution in [1.29, 1.82) is 0 Å². The van der Waals surface area contributed by atoms with Crippen LogP contribution < -0.4 is 4.80 Å². The van der Waals surface area contributed by atoms with E-state index in [-0.39, 0.29) is 35.8 Å². The van der Waals surface area contributed by atoms with Gasteiger partial charge in [-0.1, -0.05) is 31.3 Å². The van der Waals surface area contributed by atoms with Gasteiger partial charge in [-0.15, -0.1) is 11.8 Å². The van der Waals surface area contributed by atoms with Crippen LogP contribution in [0.25, 0.3) is 10.2 Å². The predicted octanol–water partition coefficient (Wildman–Crippen LogP) is 3.24. The molecule has 1 saturated heterocycles. The van der Waals surface area contributed by atoms with Crippen molar-refractivity contribution in [2.45, 2.75) is 40.7 Å². The average Bonchev–Trinajstić information content (AvgIpc) is 3.03. The number of hydrogen-bond donors (Lipinski definition) is 0. The predicted molar refractivity (Wildman–Crippen MR) is 129 cm³/mol. The summed E-state index contributed by atoms with van der Waals surface area (Å²) in [4.78, 5) is 43.8. The first-order valence-electron chi connectivity index (χ1n) is 11.0. The number of esters is 1. The van der Waals surface area contributed by atoms with E-state index in [0.717, 1.165) is 35.3 Å². The van der Waals surface area contributed by atoms with E-state index >= 15 is 0 Å². The Balaban J connectivity index is 1.68. The van der Waals surface area contributed by atoms with Gasteiger partial charge in [-0.2, -0.15) is 4.99 Å². The van der Waals surface area contributed by atoms with Crippen LogP contribution in [0.15, 0.2) is 23.2 Å². The molecule has 1 fully saturated rings. The summed E-state index contributed by atoms with van der Waals surface area (Å²) in [6.07, 6.45) is 1.15. The molecule has 2 unspecified atom stereocenters. The largest absolute Gasteiger partial charge is 0.465 e. The van der Waals surface area contributed by atoms with E-state index in [1.165, 1.54) is 23.1 Å². The molecule has 0 radical (unpaired) electrons. The molecule has 174 valence electrons. The Morgan fingerprint density at radius 3 is 2.59 bits per heavy atom. The fourth-order valence-electron chi connectivity index (χ4n) is 4.08. The van der Waals surface area contributed by atoms with Gasteiger partial charge in [0.1, 0.15) is 6.54 Å². The van der Waals surface area contributed by atoms with E-state index in [1.807, 2.05) is 30.0 Å². The minimum absolute atomic E-state index is 0.0000279. The van der Waals surface area contributed by atoms with E-state index in [1.54, 1.807) is 11.5 Å². The summed E-state index contributed by atoms with van der Waals surface area (Å²) in [6, 6.07) is 5.91. The third-order valence-electron chi connectivity index (χ3n) is 5.32. The van der Waals surface area contributed by atoms with E-state index in [4.69, 9.17) is 4.74 Å². The molecule has 1 aromatic carbocycles. The number of amides is 2. The molecular weight excluding hydrogens is 446 g/mol. The highest BCUT2D eigenvalue weighted by Gasteiger charge is 2.25. The highest BCUT2D eigenvalue weighted by molar-refractivity contribution is 8.00. The lowest BCUT2D eigenvalue weighted by Gasteiger charge is -2.35. The number of benzene rings is 1. The zero-order valence-corrected chi connectivity index (χ0v) is 20.8. The maximum absolute atomic E-state index is 12.5. The maximum Gasteiger partial charge on any atom is 0.326 e.